The number of hydrogen-bond donors (Lipinski definition) is 5. The van der Waals surface area contributed by atoms with E-state index in [4.69, 9.17) is 14.6 Å². The van der Waals surface area contributed by atoms with Crippen molar-refractivity contribution < 1.29 is 38.6 Å². The number of carboxylic acid groups (broad SMARTS) is 1. The minimum Gasteiger partial charge on any atom is -0.481 e. The van der Waals surface area contributed by atoms with Crippen LogP contribution >= 0.6 is 0 Å². The van der Waals surface area contributed by atoms with Gasteiger partial charge in [0, 0.05) is 38.9 Å². The van der Waals surface area contributed by atoms with Gasteiger partial charge in [-0.25, -0.2) is 0 Å². The van der Waals surface area contributed by atoms with Crippen molar-refractivity contribution in [3.8, 4) is 0 Å². The fourth-order valence-corrected chi connectivity index (χ4v) is 2.75. The summed E-state index contributed by atoms with van der Waals surface area (Å²) in [5.41, 5.74) is 0. The fourth-order valence-electron chi connectivity index (χ4n) is 2.75. The molecule has 1 atom stereocenters. The molecule has 0 rings (SSSR count). The number of nitrogens with one attached hydrogen (secondary N) is 4. The highest BCUT2D eigenvalue weighted by Gasteiger charge is 2.23. The van der Waals surface area contributed by atoms with Crippen LogP contribution in [0.3, 0.4) is 0 Å². The Morgan fingerprint density at radius 3 is 2.12 bits per heavy atom. The van der Waals surface area contributed by atoms with E-state index in [1.54, 1.807) is 0 Å². The first-order valence-electron chi connectivity index (χ1n) is 11.7. The summed E-state index contributed by atoms with van der Waals surface area (Å²) in [7, 11) is 0. The number of amides is 4. The predicted molar refractivity (Wildman–Crippen MR) is 124 cm³/mol. The van der Waals surface area contributed by atoms with Crippen LogP contribution in [0, 0.1) is 5.92 Å². The zero-order chi connectivity index (χ0) is 25.6. The maximum atomic E-state index is 12.3. The number of carbonyl (C=O) groups is 5. The first-order chi connectivity index (χ1) is 16.3. The topological polar surface area (TPSA) is 172 Å². The summed E-state index contributed by atoms with van der Waals surface area (Å²) in [6.07, 6.45) is 2.65. The molecule has 0 aromatic rings. The second kappa shape index (κ2) is 20.8. The van der Waals surface area contributed by atoms with Gasteiger partial charge >= 0.3 is 5.97 Å². The maximum absolute atomic E-state index is 12.3. The molecule has 0 aliphatic rings. The molecule has 34 heavy (non-hydrogen) atoms. The zero-order valence-corrected chi connectivity index (χ0v) is 20.2. The highest BCUT2D eigenvalue weighted by atomic mass is 16.5. The van der Waals surface area contributed by atoms with Gasteiger partial charge in [0.2, 0.25) is 24.1 Å². The van der Waals surface area contributed by atoms with Gasteiger partial charge in [0.05, 0.1) is 26.4 Å². The second-order valence-electron chi connectivity index (χ2n) is 7.93. The van der Waals surface area contributed by atoms with E-state index >= 15 is 0 Å². The van der Waals surface area contributed by atoms with E-state index in [1.807, 2.05) is 13.8 Å². The van der Waals surface area contributed by atoms with Gasteiger partial charge in [-0.05, 0) is 25.2 Å². The summed E-state index contributed by atoms with van der Waals surface area (Å²) in [5, 5.41) is 19.2. The van der Waals surface area contributed by atoms with Gasteiger partial charge < -0.3 is 35.8 Å². The van der Waals surface area contributed by atoms with Gasteiger partial charge in [-0.15, -0.1) is 0 Å². The molecule has 1 unspecified atom stereocenters. The Labute approximate surface area is 200 Å². The van der Waals surface area contributed by atoms with Crippen LogP contribution in [-0.4, -0.2) is 87.3 Å². The Kier molecular flexibility index (Phi) is 19.2. The largest absolute Gasteiger partial charge is 0.481 e. The normalized spacial score (nSPS) is 11.5. The average Bonchev–Trinajstić information content (AvgIpc) is 2.78. The van der Waals surface area contributed by atoms with Crippen LogP contribution in [-0.2, 0) is 33.4 Å². The van der Waals surface area contributed by atoms with Crippen LogP contribution in [0.25, 0.3) is 0 Å². The Morgan fingerprint density at radius 1 is 0.794 bits per heavy atom. The molecular formula is C22H40N4O8. The lowest BCUT2D eigenvalue weighted by molar-refractivity contribution is -0.137. The number of unbranched alkanes of at least 4 members (excludes halogenated alkanes) is 1. The Bertz CT molecular complexity index is 616. The zero-order valence-electron chi connectivity index (χ0n) is 20.2. The van der Waals surface area contributed by atoms with Crippen molar-refractivity contribution in [3.05, 3.63) is 0 Å². The maximum Gasteiger partial charge on any atom is 0.303 e. The molecule has 196 valence electrons. The molecule has 12 heteroatoms. The van der Waals surface area contributed by atoms with Crippen LogP contribution in [0.5, 0.6) is 0 Å². The van der Waals surface area contributed by atoms with Crippen LogP contribution < -0.4 is 21.3 Å². The lowest BCUT2D eigenvalue weighted by Gasteiger charge is -2.21. The standard InChI is InChI=1S/C22H40N4O8/c1-17(2)21(22(32)25-10-4-3-9-23-16-27)26-19(29)8-12-33-14-15-34-13-11-24-18(28)6-5-7-20(30)31/h16-17,21H,3-15H2,1-2H3,(H,23,27)(H,24,28)(H,25,32)(H,26,29)(H,30,31). The summed E-state index contributed by atoms with van der Waals surface area (Å²) in [6.45, 7) is 6.12. The molecule has 0 aromatic carbocycles. The summed E-state index contributed by atoms with van der Waals surface area (Å²) in [5.74, 6) is -1.74. The molecule has 0 aliphatic carbocycles. The van der Waals surface area contributed by atoms with Gasteiger partial charge in [0.15, 0.2) is 0 Å². The molecule has 0 spiro atoms. The second-order valence-corrected chi connectivity index (χ2v) is 7.93. The van der Waals surface area contributed by atoms with Crippen LogP contribution in [0.15, 0.2) is 0 Å². The molecule has 0 radical (unpaired) electrons. The van der Waals surface area contributed by atoms with E-state index in [0.717, 1.165) is 12.8 Å². The monoisotopic (exact) mass is 488 g/mol. The Balaban J connectivity index is 3.80. The average molecular weight is 489 g/mol. The minimum absolute atomic E-state index is 0.0348. The highest BCUT2D eigenvalue weighted by molar-refractivity contribution is 5.87. The minimum atomic E-state index is -0.924. The van der Waals surface area contributed by atoms with Crippen molar-refractivity contribution in [2.45, 2.75) is 58.4 Å². The van der Waals surface area contributed by atoms with Gasteiger partial charge in [0.1, 0.15) is 6.04 Å². The van der Waals surface area contributed by atoms with Gasteiger partial charge in [0.25, 0.3) is 0 Å². The highest BCUT2D eigenvalue weighted by Crippen LogP contribution is 2.03. The van der Waals surface area contributed by atoms with Crippen molar-refractivity contribution in [2.24, 2.45) is 5.92 Å². The smallest absolute Gasteiger partial charge is 0.303 e. The molecule has 0 saturated carbocycles. The summed E-state index contributed by atoms with van der Waals surface area (Å²) >= 11 is 0. The van der Waals surface area contributed by atoms with Gasteiger partial charge in [-0.2, -0.15) is 0 Å². The Hall–Kier alpha value is -2.73. The van der Waals surface area contributed by atoms with Gasteiger partial charge in [-0.3, -0.25) is 24.0 Å². The van der Waals surface area contributed by atoms with Crippen LogP contribution in [0.4, 0.5) is 0 Å². The molecule has 0 aliphatic heterocycles. The van der Waals surface area contributed by atoms with E-state index in [1.165, 1.54) is 0 Å². The van der Waals surface area contributed by atoms with Crippen molar-refractivity contribution in [1.29, 1.82) is 0 Å². The van der Waals surface area contributed by atoms with E-state index in [2.05, 4.69) is 21.3 Å². The molecule has 0 saturated heterocycles. The van der Waals surface area contributed by atoms with E-state index < -0.39 is 12.0 Å². The number of carboxylic acids is 1. The van der Waals surface area contributed by atoms with Crippen molar-refractivity contribution in [3.63, 3.8) is 0 Å². The van der Waals surface area contributed by atoms with E-state index in [9.17, 15) is 24.0 Å². The molecule has 0 fully saturated rings. The third kappa shape index (κ3) is 18.8. The van der Waals surface area contributed by atoms with Crippen molar-refractivity contribution >= 4 is 30.1 Å². The molecule has 4 amide bonds. The number of aliphatic carboxylic acids is 1. The lowest BCUT2D eigenvalue weighted by atomic mass is 10.0. The quantitative estimate of drug-likeness (QED) is 0.101. The number of ether oxygens (including phenoxy) is 2. The summed E-state index contributed by atoms with van der Waals surface area (Å²) in [6, 6.07) is -0.636. The number of carbonyl (C=O) groups excluding carboxylic acids is 4. The van der Waals surface area contributed by atoms with Crippen molar-refractivity contribution in [1.82, 2.24) is 21.3 Å². The number of hydrogen-bond acceptors (Lipinski definition) is 7. The molecular weight excluding hydrogens is 448 g/mol. The number of rotatable bonds is 22. The fraction of sp³-hybridized carbons (Fsp3) is 0.773. The summed E-state index contributed by atoms with van der Waals surface area (Å²) in [4.78, 5) is 56.5. The predicted octanol–water partition coefficient (Wildman–Crippen LogP) is -0.436. The van der Waals surface area contributed by atoms with Crippen molar-refractivity contribution in [2.75, 3.05) is 46.1 Å². The van der Waals surface area contributed by atoms with Crippen LogP contribution in [0.1, 0.15) is 52.4 Å². The Morgan fingerprint density at radius 2 is 1.47 bits per heavy atom. The molecule has 0 aromatic heterocycles. The van der Waals surface area contributed by atoms with Gasteiger partial charge in [-0.1, -0.05) is 13.8 Å². The van der Waals surface area contributed by atoms with Crippen LogP contribution in [0.2, 0.25) is 0 Å². The first-order valence-corrected chi connectivity index (χ1v) is 11.7. The molecule has 0 heterocycles. The summed E-state index contributed by atoms with van der Waals surface area (Å²) < 4.78 is 10.7. The lowest BCUT2D eigenvalue weighted by Crippen LogP contribution is -2.50. The third-order valence-electron chi connectivity index (χ3n) is 4.60. The molecule has 0 bridgehead atoms. The SMILES string of the molecule is CC(C)C(NC(=O)CCOCCOCCNC(=O)CCCC(=O)O)C(=O)NCCCCNC=O. The first kappa shape index (κ1) is 31.3. The molecule has 12 nitrogen and oxygen atoms in total. The van der Waals surface area contributed by atoms with E-state index in [-0.39, 0.29) is 56.1 Å². The molecule has 5 N–H and O–H groups in total. The third-order valence-corrected chi connectivity index (χ3v) is 4.60. The van der Waals surface area contributed by atoms with E-state index in [0.29, 0.717) is 45.7 Å².